The molecule has 2 atom stereocenters. The van der Waals surface area contributed by atoms with Crippen LogP contribution in [0, 0.1) is 0 Å². The molecule has 6 heteroatoms. The fourth-order valence-corrected chi connectivity index (χ4v) is 3.65. The summed E-state index contributed by atoms with van der Waals surface area (Å²) in [5, 5.41) is 9.03. The molecule has 130 valence electrons. The normalized spacial score (nSPS) is 21.8. The number of likely N-dealkylation sites (tertiary alicyclic amines) is 1. The lowest BCUT2D eigenvalue weighted by molar-refractivity contribution is 0.118. The van der Waals surface area contributed by atoms with E-state index in [0.29, 0.717) is 22.7 Å². The SMILES string of the molecule is CCc1nnc([C@H]2CCCN(Cc3ccc(OC)c(Cl)c3)[C@H]2C)o1. The van der Waals surface area contributed by atoms with Crippen LogP contribution in [0.5, 0.6) is 5.75 Å². The predicted molar refractivity (Wildman–Crippen MR) is 93.5 cm³/mol. The van der Waals surface area contributed by atoms with Crippen LogP contribution >= 0.6 is 11.6 Å². The molecule has 1 aromatic heterocycles. The molecule has 0 amide bonds. The van der Waals surface area contributed by atoms with Crippen molar-refractivity contribution in [2.45, 2.75) is 51.6 Å². The van der Waals surface area contributed by atoms with Crippen LogP contribution in [-0.4, -0.2) is 34.8 Å². The molecule has 0 radical (unpaired) electrons. The van der Waals surface area contributed by atoms with E-state index in [0.717, 1.165) is 44.1 Å². The van der Waals surface area contributed by atoms with Gasteiger partial charge in [-0.15, -0.1) is 10.2 Å². The van der Waals surface area contributed by atoms with Crippen molar-refractivity contribution in [3.05, 3.63) is 40.6 Å². The number of halogens is 1. The van der Waals surface area contributed by atoms with E-state index in [4.69, 9.17) is 20.8 Å². The lowest BCUT2D eigenvalue weighted by atomic mass is 9.89. The maximum absolute atomic E-state index is 6.25. The van der Waals surface area contributed by atoms with Gasteiger partial charge in [0.05, 0.1) is 18.1 Å². The first kappa shape index (κ1) is 17.2. The van der Waals surface area contributed by atoms with Gasteiger partial charge in [0.25, 0.3) is 0 Å². The quantitative estimate of drug-likeness (QED) is 0.814. The summed E-state index contributed by atoms with van der Waals surface area (Å²) in [7, 11) is 1.63. The van der Waals surface area contributed by atoms with Crippen molar-refractivity contribution in [3.8, 4) is 5.75 Å². The second-order valence-electron chi connectivity index (χ2n) is 6.32. The van der Waals surface area contributed by atoms with Gasteiger partial charge in [-0.2, -0.15) is 0 Å². The van der Waals surface area contributed by atoms with Gasteiger partial charge in [0.2, 0.25) is 11.8 Å². The van der Waals surface area contributed by atoms with E-state index in [2.05, 4.69) is 28.1 Å². The average molecular weight is 350 g/mol. The molecule has 1 saturated heterocycles. The zero-order valence-electron chi connectivity index (χ0n) is 14.5. The summed E-state index contributed by atoms with van der Waals surface area (Å²) in [6.07, 6.45) is 3.00. The molecular formula is C18H24ClN3O2. The number of aryl methyl sites for hydroxylation is 1. The first-order valence-electron chi connectivity index (χ1n) is 8.51. The molecule has 3 rings (SSSR count). The van der Waals surface area contributed by atoms with Crippen molar-refractivity contribution in [2.24, 2.45) is 0 Å². The summed E-state index contributed by atoms with van der Waals surface area (Å²) in [6.45, 7) is 6.19. The number of aromatic nitrogens is 2. The highest BCUT2D eigenvalue weighted by Crippen LogP contribution is 2.33. The van der Waals surface area contributed by atoms with Crippen LogP contribution in [0.2, 0.25) is 5.02 Å². The maximum atomic E-state index is 6.25. The number of rotatable bonds is 5. The third kappa shape index (κ3) is 3.57. The molecule has 0 spiro atoms. The van der Waals surface area contributed by atoms with Crippen LogP contribution in [0.1, 0.15) is 50.0 Å². The molecule has 2 heterocycles. The van der Waals surface area contributed by atoms with Crippen molar-refractivity contribution in [2.75, 3.05) is 13.7 Å². The van der Waals surface area contributed by atoms with Crippen LogP contribution in [-0.2, 0) is 13.0 Å². The largest absolute Gasteiger partial charge is 0.495 e. The van der Waals surface area contributed by atoms with Gasteiger partial charge in [0.15, 0.2) is 0 Å². The molecule has 1 aliphatic heterocycles. The second kappa shape index (κ2) is 7.53. The third-order valence-corrected chi connectivity index (χ3v) is 5.12. The third-order valence-electron chi connectivity index (χ3n) is 4.82. The molecule has 0 saturated carbocycles. The van der Waals surface area contributed by atoms with E-state index in [1.807, 2.05) is 19.1 Å². The Hall–Kier alpha value is -1.59. The van der Waals surface area contributed by atoms with Gasteiger partial charge < -0.3 is 9.15 Å². The van der Waals surface area contributed by atoms with Crippen LogP contribution in [0.25, 0.3) is 0 Å². The van der Waals surface area contributed by atoms with Gasteiger partial charge in [-0.25, -0.2) is 0 Å². The number of nitrogens with zero attached hydrogens (tertiary/aromatic N) is 3. The lowest BCUT2D eigenvalue weighted by Gasteiger charge is -2.38. The first-order chi connectivity index (χ1) is 11.6. The molecule has 24 heavy (non-hydrogen) atoms. The number of piperidine rings is 1. The number of hydrogen-bond acceptors (Lipinski definition) is 5. The monoisotopic (exact) mass is 349 g/mol. The molecule has 0 bridgehead atoms. The summed E-state index contributed by atoms with van der Waals surface area (Å²) < 4.78 is 11.0. The Balaban J connectivity index is 1.72. The van der Waals surface area contributed by atoms with Crippen molar-refractivity contribution in [1.29, 1.82) is 0 Å². The topological polar surface area (TPSA) is 51.4 Å². The van der Waals surface area contributed by atoms with Crippen molar-refractivity contribution in [1.82, 2.24) is 15.1 Å². The summed E-state index contributed by atoms with van der Waals surface area (Å²) in [5.74, 6) is 2.50. The van der Waals surface area contributed by atoms with Crippen LogP contribution in [0.3, 0.4) is 0 Å². The Labute approximate surface area is 148 Å². The molecule has 1 aromatic carbocycles. The Bertz CT molecular complexity index is 689. The van der Waals surface area contributed by atoms with Crippen molar-refractivity contribution < 1.29 is 9.15 Å². The Kier molecular flexibility index (Phi) is 5.41. The average Bonchev–Trinajstić information content (AvgIpc) is 3.06. The predicted octanol–water partition coefficient (Wildman–Crippen LogP) is 4.06. The first-order valence-corrected chi connectivity index (χ1v) is 8.89. The van der Waals surface area contributed by atoms with E-state index in [1.54, 1.807) is 7.11 Å². The van der Waals surface area contributed by atoms with Gasteiger partial charge in [0.1, 0.15) is 5.75 Å². The summed E-state index contributed by atoms with van der Waals surface area (Å²) >= 11 is 6.25. The van der Waals surface area contributed by atoms with E-state index in [-0.39, 0.29) is 0 Å². The molecule has 5 nitrogen and oxygen atoms in total. The fourth-order valence-electron chi connectivity index (χ4n) is 3.37. The van der Waals surface area contributed by atoms with Gasteiger partial charge >= 0.3 is 0 Å². The Morgan fingerprint density at radius 3 is 2.88 bits per heavy atom. The fraction of sp³-hybridized carbons (Fsp3) is 0.556. The molecule has 2 aromatic rings. The molecule has 1 aliphatic rings. The number of methoxy groups -OCH3 is 1. The molecular weight excluding hydrogens is 326 g/mol. The lowest BCUT2D eigenvalue weighted by Crippen LogP contribution is -2.41. The highest BCUT2D eigenvalue weighted by molar-refractivity contribution is 6.32. The number of ether oxygens (including phenoxy) is 1. The van der Waals surface area contributed by atoms with E-state index in [9.17, 15) is 0 Å². The van der Waals surface area contributed by atoms with Gasteiger partial charge in [-0.1, -0.05) is 24.6 Å². The van der Waals surface area contributed by atoms with Gasteiger partial charge in [-0.3, -0.25) is 4.90 Å². The highest BCUT2D eigenvalue weighted by atomic mass is 35.5. The minimum Gasteiger partial charge on any atom is -0.495 e. The molecule has 0 N–H and O–H groups in total. The standard InChI is InChI=1S/C18H24ClN3O2/c1-4-17-20-21-18(24-17)14-6-5-9-22(12(14)2)11-13-7-8-16(23-3)15(19)10-13/h7-8,10,12,14H,4-6,9,11H2,1-3H3/t12-,14-/m0/s1. The summed E-state index contributed by atoms with van der Waals surface area (Å²) in [6, 6.07) is 6.33. The maximum Gasteiger partial charge on any atom is 0.221 e. The van der Waals surface area contributed by atoms with Crippen molar-refractivity contribution in [3.63, 3.8) is 0 Å². The van der Waals surface area contributed by atoms with Crippen LogP contribution < -0.4 is 4.74 Å². The van der Waals surface area contributed by atoms with Crippen LogP contribution in [0.15, 0.2) is 22.6 Å². The minimum atomic E-state index is 0.292. The summed E-state index contributed by atoms with van der Waals surface area (Å²) in [4.78, 5) is 2.46. The van der Waals surface area contributed by atoms with Crippen LogP contribution in [0.4, 0.5) is 0 Å². The zero-order valence-corrected chi connectivity index (χ0v) is 15.2. The number of hydrogen-bond donors (Lipinski definition) is 0. The van der Waals surface area contributed by atoms with Gasteiger partial charge in [0, 0.05) is 19.0 Å². The Morgan fingerprint density at radius 1 is 1.38 bits per heavy atom. The Morgan fingerprint density at radius 2 is 2.21 bits per heavy atom. The summed E-state index contributed by atoms with van der Waals surface area (Å²) in [5.41, 5.74) is 1.19. The highest BCUT2D eigenvalue weighted by Gasteiger charge is 2.32. The zero-order chi connectivity index (χ0) is 17.1. The van der Waals surface area contributed by atoms with E-state index in [1.165, 1.54) is 5.56 Å². The van der Waals surface area contributed by atoms with E-state index >= 15 is 0 Å². The molecule has 1 fully saturated rings. The minimum absolute atomic E-state index is 0.292. The molecule has 0 aliphatic carbocycles. The second-order valence-corrected chi connectivity index (χ2v) is 6.72. The molecule has 0 unspecified atom stereocenters. The van der Waals surface area contributed by atoms with Gasteiger partial charge in [-0.05, 0) is 44.0 Å². The number of benzene rings is 1. The smallest absolute Gasteiger partial charge is 0.221 e. The van der Waals surface area contributed by atoms with Crippen molar-refractivity contribution >= 4 is 11.6 Å². The van der Waals surface area contributed by atoms with E-state index < -0.39 is 0 Å².